The highest BCUT2D eigenvalue weighted by atomic mass is 32.2. The molecule has 0 aliphatic carbocycles. The number of carbonyl (C=O) groups is 2. The predicted octanol–water partition coefficient (Wildman–Crippen LogP) is 3.41. The molecule has 3 rings (SSSR count). The lowest BCUT2D eigenvalue weighted by Gasteiger charge is -2.14. The zero-order valence-electron chi connectivity index (χ0n) is 14.2. The van der Waals surface area contributed by atoms with Crippen LogP contribution in [0, 0.1) is 6.92 Å². The quantitative estimate of drug-likeness (QED) is 0.840. The predicted molar refractivity (Wildman–Crippen MR) is 104 cm³/mol. The number of hydrogen-bond acceptors (Lipinski definition) is 5. The van der Waals surface area contributed by atoms with Gasteiger partial charge in [-0.1, -0.05) is 30.3 Å². The maximum Gasteiger partial charge on any atom is 0.236 e. The minimum Gasteiger partial charge on any atom is -0.342 e. The normalized spacial score (nSPS) is 13.9. The topological polar surface area (TPSA) is 62.3 Å². The summed E-state index contributed by atoms with van der Waals surface area (Å²) in [6.45, 7) is 3.71. The van der Waals surface area contributed by atoms with E-state index in [1.54, 1.807) is 0 Å². The van der Waals surface area contributed by atoms with Crippen LogP contribution in [0.1, 0.15) is 17.7 Å². The van der Waals surface area contributed by atoms with Crippen LogP contribution < -0.4 is 5.32 Å². The van der Waals surface area contributed by atoms with Gasteiger partial charge >= 0.3 is 0 Å². The van der Waals surface area contributed by atoms with Crippen LogP contribution in [0.3, 0.4) is 0 Å². The first-order valence-electron chi connectivity index (χ1n) is 8.31. The molecule has 2 heterocycles. The number of nitrogens with zero attached hydrogens (tertiary/aromatic N) is 2. The van der Waals surface area contributed by atoms with Gasteiger partial charge in [0.15, 0.2) is 5.13 Å². The first-order chi connectivity index (χ1) is 12.1. The van der Waals surface area contributed by atoms with Crippen molar-refractivity contribution in [2.45, 2.75) is 19.8 Å². The molecule has 1 aromatic heterocycles. The van der Waals surface area contributed by atoms with Gasteiger partial charge in [-0.2, -0.15) is 0 Å². The molecule has 7 heteroatoms. The molecule has 1 saturated heterocycles. The zero-order valence-corrected chi connectivity index (χ0v) is 15.8. The van der Waals surface area contributed by atoms with Gasteiger partial charge in [0.1, 0.15) is 0 Å². The number of aromatic nitrogens is 1. The number of thioether (sulfide) groups is 1. The van der Waals surface area contributed by atoms with Gasteiger partial charge < -0.3 is 10.2 Å². The number of carbonyl (C=O) groups excluding carboxylic acids is 2. The van der Waals surface area contributed by atoms with Gasteiger partial charge in [0, 0.05) is 23.5 Å². The third-order valence-corrected chi connectivity index (χ3v) is 5.81. The Kier molecular flexibility index (Phi) is 6.09. The summed E-state index contributed by atoms with van der Waals surface area (Å²) in [5.74, 6) is 0.637. The molecule has 1 N–H and O–H groups in total. The number of thiazole rings is 1. The lowest BCUT2D eigenvalue weighted by atomic mass is 10.1. The van der Waals surface area contributed by atoms with Gasteiger partial charge in [0.2, 0.25) is 11.8 Å². The molecule has 0 saturated carbocycles. The van der Waals surface area contributed by atoms with Crippen molar-refractivity contribution in [1.29, 1.82) is 0 Å². The van der Waals surface area contributed by atoms with Crippen LogP contribution in [-0.4, -0.2) is 46.3 Å². The Balaban J connectivity index is 1.49. The van der Waals surface area contributed by atoms with E-state index in [4.69, 9.17) is 0 Å². The number of benzene rings is 1. The highest BCUT2D eigenvalue weighted by molar-refractivity contribution is 8.00. The smallest absolute Gasteiger partial charge is 0.236 e. The van der Waals surface area contributed by atoms with Crippen molar-refractivity contribution in [2.75, 3.05) is 29.9 Å². The summed E-state index contributed by atoms with van der Waals surface area (Å²) < 4.78 is 0. The Morgan fingerprint density at radius 2 is 1.92 bits per heavy atom. The summed E-state index contributed by atoms with van der Waals surface area (Å²) in [5, 5.41) is 3.44. The van der Waals surface area contributed by atoms with Crippen molar-refractivity contribution in [3.8, 4) is 11.3 Å². The molecule has 1 aliphatic heterocycles. The number of rotatable bonds is 6. The molecule has 0 bridgehead atoms. The molecular weight excluding hydrogens is 354 g/mol. The van der Waals surface area contributed by atoms with E-state index in [0.717, 1.165) is 42.1 Å². The summed E-state index contributed by atoms with van der Waals surface area (Å²) in [7, 11) is 0. The van der Waals surface area contributed by atoms with Crippen LogP contribution in [0.5, 0.6) is 0 Å². The lowest BCUT2D eigenvalue weighted by Crippen LogP contribution is -2.29. The third-order valence-electron chi connectivity index (χ3n) is 4.01. The Bertz CT molecular complexity index is 740. The fourth-order valence-corrected chi connectivity index (χ4v) is 4.33. The summed E-state index contributed by atoms with van der Waals surface area (Å²) >= 11 is 2.83. The van der Waals surface area contributed by atoms with E-state index in [1.165, 1.54) is 23.1 Å². The van der Waals surface area contributed by atoms with Gasteiger partial charge in [0.05, 0.1) is 17.2 Å². The number of anilines is 1. The fourth-order valence-electron chi connectivity index (χ4n) is 2.76. The van der Waals surface area contributed by atoms with E-state index in [-0.39, 0.29) is 17.6 Å². The van der Waals surface area contributed by atoms with Crippen molar-refractivity contribution in [3.63, 3.8) is 0 Å². The fraction of sp³-hybridized carbons (Fsp3) is 0.389. The monoisotopic (exact) mass is 375 g/mol. The van der Waals surface area contributed by atoms with Gasteiger partial charge in [-0.3, -0.25) is 9.59 Å². The SMILES string of the molecule is Cc1sc(NC(=O)CSCC(=O)N2CCCC2)nc1-c1ccccc1. The van der Waals surface area contributed by atoms with Gasteiger partial charge in [0.25, 0.3) is 0 Å². The van der Waals surface area contributed by atoms with E-state index < -0.39 is 0 Å². The van der Waals surface area contributed by atoms with E-state index in [0.29, 0.717) is 10.9 Å². The lowest BCUT2D eigenvalue weighted by molar-refractivity contribution is -0.127. The summed E-state index contributed by atoms with van der Waals surface area (Å²) in [6.07, 6.45) is 2.17. The minimum atomic E-state index is -0.118. The van der Waals surface area contributed by atoms with E-state index >= 15 is 0 Å². The van der Waals surface area contributed by atoms with Gasteiger partial charge in [-0.05, 0) is 19.8 Å². The second kappa shape index (κ2) is 8.49. The molecule has 0 radical (unpaired) electrons. The third kappa shape index (κ3) is 4.83. The second-order valence-corrected chi connectivity index (χ2v) is 8.11. The molecule has 2 aromatic rings. The Morgan fingerprint density at radius 3 is 2.64 bits per heavy atom. The van der Waals surface area contributed by atoms with Crippen molar-refractivity contribution in [2.24, 2.45) is 0 Å². The average Bonchev–Trinajstić information content (AvgIpc) is 3.25. The Hall–Kier alpha value is -1.86. The van der Waals surface area contributed by atoms with Crippen molar-refractivity contribution >= 4 is 40.0 Å². The molecule has 2 amide bonds. The molecule has 0 unspecified atom stereocenters. The molecule has 132 valence electrons. The van der Waals surface area contributed by atoms with E-state index in [1.807, 2.05) is 42.2 Å². The highest BCUT2D eigenvalue weighted by Crippen LogP contribution is 2.30. The molecule has 0 atom stereocenters. The van der Waals surface area contributed by atoms with Crippen LogP contribution in [-0.2, 0) is 9.59 Å². The molecule has 1 aliphatic rings. The van der Waals surface area contributed by atoms with Crippen molar-refractivity contribution in [3.05, 3.63) is 35.2 Å². The average molecular weight is 376 g/mol. The second-order valence-electron chi connectivity index (χ2n) is 5.92. The van der Waals surface area contributed by atoms with E-state index in [2.05, 4.69) is 10.3 Å². The number of likely N-dealkylation sites (tertiary alicyclic amines) is 1. The maximum atomic E-state index is 12.1. The molecular formula is C18H21N3O2S2. The van der Waals surface area contributed by atoms with Crippen LogP contribution in [0.4, 0.5) is 5.13 Å². The number of amides is 2. The standard InChI is InChI=1S/C18H21N3O2S2/c1-13-17(14-7-3-2-4-8-14)20-18(25-13)19-15(22)11-24-12-16(23)21-9-5-6-10-21/h2-4,7-8H,5-6,9-12H2,1H3,(H,19,20,22). The first kappa shape index (κ1) is 17.9. The van der Waals surface area contributed by atoms with Crippen LogP contribution >= 0.6 is 23.1 Å². The first-order valence-corrected chi connectivity index (χ1v) is 10.3. The Morgan fingerprint density at radius 1 is 1.20 bits per heavy atom. The summed E-state index contributed by atoms with van der Waals surface area (Å²) in [6, 6.07) is 9.93. The maximum absolute atomic E-state index is 12.1. The Labute approximate surface area is 155 Å². The molecule has 1 aromatic carbocycles. The minimum absolute atomic E-state index is 0.118. The molecule has 25 heavy (non-hydrogen) atoms. The van der Waals surface area contributed by atoms with Crippen LogP contribution in [0.25, 0.3) is 11.3 Å². The summed E-state index contributed by atoms with van der Waals surface area (Å²) in [4.78, 5) is 31.5. The van der Waals surface area contributed by atoms with Gasteiger partial charge in [-0.15, -0.1) is 23.1 Å². The van der Waals surface area contributed by atoms with Crippen LogP contribution in [0.2, 0.25) is 0 Å². The van der Waals surface area contributed by atoms with Crippen molar-refractivity contribution in [1.82, 2.24) is 9.88 Å². The zero-order chi connectivity index (χ0) is 17.6. The number of aryl methyl sites for hydroxylation is 1. The number of nitrogens with one attached hydrogen (secondary N) is 1. The van der Waals surface area contributed by atoms with Crippen LogP contribution in [0.15, 0.2) is 30.3 Å². The highest BCUT2D eigenvalue weighted by Gasteiger charge is 2.18. The van der Waals surface area contributed by atoms with Crippen molar-refractivity contribution < 1.29 is 9.59 Å². The molecule has 1 fully saturated rings. The summed E-state index contributed by atoms with van der Waals surface area (Å²) in [5.41, 5.74) is 1.94. The van der Waals surface area contributed by atoms with Gasteiger partial charge in [-0.25, -0.2) is 4.98 Å². The largest absolute Gasteiger partial charge is 0.342 e. The number of hydrogen-bond donors (Lipinski definition) is 1. The molecule has 5 nitrogen and oxygen atoms in total. The van der Waals surface area contributed by atoms with E-state index in [9.17, 15) is 9.59 Å². The molecule has 0 spiro atoms.